The maximum Gasteiger partial charge on any atom is 0.203 e. The van der Waals surface area contributed by atoms with Crippen molar-refractivity contribution >= 4 is 29.9 Å². The van der Waals surface area contributed by atoms with Gasteiger partial charge in [0, 0.05) is 25.3 Å². The quantitative estimate of drug-likeness (QED) is 0.247. The van der Waals surface area contributed by atoms with Crippen molar-refractivity contribution in [2.45, 2.75) is 46.8 Å². The Labute approximate surface area is 192 Å². The molecule has 0 saturated heterocycles. The van der Waals surface area contributed by atoms with Gasteiger partial charge in [-0.2, -0.15) is 0 Å². The second kappa shape index (κ2) is 15.4. The Morgan fingerprint density at radius 1 is 1.00 bits per heavy atom. The van der Waals surface area contributed by atoms with Gasteiger partial charge in [0.25, 0.3) is 0 Å². The molecule has 0 aliphatic heterocycles. The summed E-state index contributed by atoms with van der Waals surface area (Å²) < 4.78 is 22.1. The van der Waals surface area contributed by atoms with Crippen molar-refractivity contribution in [3.05, 3.63) is 17.7 Å². The highest BCUT2D eigenvalue weighted by Crippen LogP contribution is 2.39. The van der Waals surface area contributed by atoms with Crippen LogP contribution in [0.4, 0.5) is 0 Å². The molecule has 1 atom stereocenters. The monoisotopic (exact) mass is 523 g/mol. The number of hydrogen-bond acceptors (Lipinski definition) is 5. The van der Waals surface area contributed by atoms with E-state index < -0.39 is 0 Å². The van der Waals surface area contributed by atoms with Crippen molar-refractivity contribution in [3.8, 4) is 17.2 Å². The Bertz CT molecular complexity index is 612. The van der Waals surface area contributed by atoms with E-state index >= 15 is 0 Å². The molecular formula is C21H38IN3O4. The molecule has 1 rings (SSSR count). The molecule has 0 saturated carbocycles. The van der Waals surface area contributed by atoms with Gasteiger partial charge in [0.1, 0.15) is 0 Å². The lowest BCUT2D eigenvalue weighted by Crippen LogP contribution is -2.39. The molecule has 0 radical (unpaired) electrons. The molecule has 0 amide bonds. The molecular weight excluding hydrogens is 485 g/mol. The molecule has 2 N–H and O–H groups in total. The molecule has 0 spiro atoms. The summed E-state index contributed by atoms with van der Waals surface area (Å²) in [4.78, 5) is 4.69. The second-order valence-corrected chi connectivity index (χ2v) is 6.64. The lowest BCUT2D eigenvalue weighted by molar-refractivity contribution is 0.0258. The molecule has 29 heavy (non-hydrogen) atoms. The summed E-state index contributed by atoms with van der Waals surface area (Å²) in [5.74, 6) is 3.09. The van der Waals surface area contributed by atoms with Gasteiger partial charge in [-0.3, -0.25) is 0 Å². The van der Waals surface area contributed by atoms with Crippen LogP contribution < -0.4 is 24.8 Å². The molecule has 0 aliphatic carbocycles. The van der Waals surface area contributed by atoms with Gasteiger partial charge in [-0.1, -0.05) is 13.8 Å². The van der Waals surface area contributed by atoms with Gasteiger partial charge in [0.15, 0.2) is 17.5 Å². The number of guanidine groups is 1. The first kappa shape index (κ1) is 27.6. The van der Waals surface area contributed by atoms with Crippen LogP contribution in [0.15, 0.2) is 17.1 Å². The predicted molar refractivity (Wildman–Crippen MR) is 129 cm³/mol. The summed E-state index contributed by atoms with van der Waals surface area (Å²) in [6.07, 6.45) is 1.17. The average Bonchev–Trinajstić information content (AvgIpc) is 2.70. The number of benzene rings is 1. The van der Waals surface area contributed by atoms with Gasteiger partial charge in [-0.15, -0.1) is 24.0 Å². The van der Waals surface area contributed by atoms with Crippen LogP contribution in [0.1, 0.15) is 39.7 Å². The van der Waals surface area contributed by atoms with E-state index in [1.165, 1.54) is 0 Å². The third-order valence-electron chi connectivity index (χ3n) is 4.38. The Kier molecular flexibility index (Phi) is 14.7. The minimum atomic E-state index is 0. The highest BCUT2D eigenvalue weighted by atomic mass is 127. The third-order valence-corrected chi connectivity index (χ3v) is 4.38. The highest BCUT2D eigenvalue weighted by Gasteiger charge is 2.16. The highest BCUT2D eigenvalue weighted by molar-refractivity contribution is 14.0. The first-order chi connectivity index (χ1) is 13.5. The van der Waals surface area contributed by atoms with Crippen LogP contribution in [0, 0.1) is 5.92 Å². The van der Waals surface area contributed by atoms with Gasteiger partial charge in [-0.25, -0.2) is 4.99 Å². The van der Waals surface area contributed by atoms with E-state index in [4.69, 9.17) is 18.9 Å². The number of aliphatic imine (C=N–C) groups is 1. The van der Waals surface area contributed by atoms with E-state index in [0.717, 1.165) is 37.6 Å². The van der Waals surface area contributed by atoms with Gasteiger partial charge in [0.2, 0.25) is 5.75 Å². The van der Waals surface area contributed by atoms with Gasteiger partial charge in [0.05, 0.1) is 34.0 Å². The molecule has 1 unspecified atom stereocenters. The summed E-state index contributed by atoms with van der Waals surface area (Å²) >= 11 is 0. The number of ether oxygens (including phenoxy) is 4. The van der Waals surface area contributed by atoms with Crippen LogP contribution in [0.25, 0.3) is 0 Å². The van der Waals surface area contributed by atoms with Crippen LogP contribution in [0.3, 0.4) is 0 Å². The molecule has 0 aromatic heterocycles. The zero-order chi connectivity index (χ0) is 20.9. The van der Waals surface area contributed by atoms with Crippen LogP contribution in [0.5, 0.6) is 17.2 Å². The molecule has 7 nitrogen and oxygen atoms in total. The van der Waals surface area contributed by atoms with Crippen molar-refractivity contribution in [2.24, 2.45) is 10.9 Å². The molecule has 1 aromatic rings. The maximum atomic E-state index is 5.81. The molecule has 0 fully saturated rings. The molecule has 0 heterocycles. The molecule has 0 aliphatic rings. The summed E-state index contributed by atoms with van der Waals surface area (Å²) in [5, 5.41) is 6.66. The Morgan fingerprint density at radius 3 is 2.21 bits per heavy atom. The smallest absolute Gasteiger partial charge is 0.203 e. The number of rotatable bonds is 12. The van der Waals surface area contributed by atoms with Crippen molar-refractivity contribution in [1.82, 2.24) is 10.6 Å². The summed E-state index contributed by atoms with van der Waals surface area (Å²) in [6, 6.07) is 3.80. The number of methoxy groups -OCH3 is 3. The summed E-state index contributed by atoms with van der Waals surface area (Å²) in [5.41, 5.74) is 0.923. The van der Waals surface area contributed by atoms with E-state index in [0.29, 0.717) is 29.7 Å². The van der Waals surface area contributed by atoms with Crippen molar-refractivity contribution in [1.29, 1.82) is 0 Å². The van der Waals surface area contributed by atoms with Crippen molar-refractivity contribution in [3.63, 3.8) is 0 Å². The molecule has 8 heteroatoms. The van der Waals surface area contributed by atoms with E-state index in [1.54, 1.807) is 21.3 Å². The molecule has 1 aromatic carbocycles. The van der Waals surface area contributed by atoms with Gasteiger partial charge < -0.3 is 29.6 Å². The van der Waals surface area contributed by atoms with Crippen LogP contribution >= 0.6 is 24.0 Å². The lowest BCUT2D eigenvalue weighted by atomic mass is 10.0. The zero-order valence-electron chi connectivity index (χ0n) is 18.8. The van der Waals surface area contributed by atoms with Crippen LogP contribution in [0.2, 0.25) is 0 Å². The minimum Gasteiger partial charge on any atom is -0.493 e. The number of halogens is 1. The van der Waals surface area contributed by atoms with Crippen LogP contribution in [-0.2, 0) is 11.3 Å². The fourth-order valence-corrected chi connectivity index (χ4v) is 2.95. The van der Waals surface area contributed by atoms with E-state index in [9.17, 15) is 0 Å². The SMILES string of the molecule is CCNC(=NCc1ccc(OC)c(OC)c1OC)NCCC(OCC)C(C)C.I. The fraction of sp³-hybridized carbons (Fsp3) is 0.667. The predicted octanol–water partition coefficient (Wildman–Crippen LogP) is 3.84. The van der Waals surface area contributed by atoms with Gasteiger partial charge >= 0.3 is 0 Å². The first-order valence-corrected chi connectivity index (χ1v) is 9.93. The fourth-order valence-electron chi connectivity index (χ4n) is 2.95. The summed E-state index contributed by atoms with van der Waals surface area (Å²) in [6.45, 7) is 11.2. The van der Waals surface area contributed by atoms with Gasteiger partial charge in [-0.05, 0) is 38.3 Å². The Morgan fingerprint density at radius 2 is 1.69 bits per heavy atom. The van der Waals surface area contributed by atoms with Crippen molar-refractivity contribution < 1.29 is 18.9 Å². The second-order valence-electron chi connectivity index (χ2n) is 6.64. The number of nitrogens with one attached hydrogen (secondary N) is 2. The number of nitrogens with zero attached hydrogens (tertiary/aromatic N) is 1. The largest absolute Gasteiger partial charge is 0.493 e. The summed E-state index contributed by atoms with van der Waals surface area (Å²) in [7, 11) is 4.82. The standard InChI is InChI=1S/C21H37N3O4.HI/c1-8-22-21(23-13-12-17(15(3)4)28-9-2)24-14-16-10-11-18(25-5)20(27-7)19(16)26-6;/h10-11,15,17H,8-9,12-14H2,1-7H3,(H2,22,23,24);1H. The van der Waals surface area contributed by atoms with Crippen molar-refractivity contribution in [2.75, 3.05) is 41.0 Å². The molecule has 168 valence electrons. The zero-order valence-corrected chi connectivity index (χ0v) is 21.2. The Balaban J connectivity index is 0.00000784. The Hall–Kier alpha value is -1.42. The lowest BCUT2D eigenvalue weighted by Gasteiger charge is -2.21. The minimum absolute atomic E-state index is 0. The van der Waals surface area contributed by atoms with E-state index in [2.05, 4.69) is 29.5 Å². The maximum absolute atomic E-state index is 5.81. The van der Waals surface area contributed by atoms with E-state index in [-0.39, 0.29) is 30.1 Å². The normalized spacial score (nSPS) is 12.2. The first-order valence-electron chi connectivity index (χ1n) is 9.93. The average molecular weight is 523 g/mol. The topological polar surface area (TPSA) is 73.3 Å². The third kappa shape index (κ3) is 8.86. The van der Waals surface area contributed by atoms with E-state index in [1.807, 2.05) is 26.0 Å². The molecule has 0 bridgehead atoms. The number of hydrogen-bond donors (Lipinski definition) is 2. The van der Waals surface area contributed by atoms with Crippen LogP contribution in [-0.4, -0.2) is 53.1 Å².